The number of likely N-dealkylation sites (tertiary alicyclic amines) is 1. The molecule has 3 heterocycles. The van der Waals surface area contributed by atoms with Gasteiger partial charge in [0.1, 0.15) is 5.75 Å². The van der Waals surface area contributed by atoms with Crippen molar-refractivity contribution in [1.82, 2.24) is 14.2 Å². The van der Waals surface area contributed by atoms with E-state index in [0.29, 0.717) is 25.4 Å². The van der Waals surface area contributed by atoms with Crippen molar-refractivity contribution in [3.05, 3.63) is 30.0 Å². The highest BCUT2D eigenvalue weighted by Gasteiger charge is 2.35. The highest BCUT2D eigenvalue weighted by Crippen LogP contribution is 2.35. The molecule has 0 spiro atoms. The quantitative estimate of drug-likeness (QED) is 0.736. The summed E-state index contributed by atoms with van der Waals surface area (Å²) in [6.45, 7) is 4.19. The Morgan fingerprint density at radius 1 is 1.19 bits per heavy atom. The van der Waals surface area contributed by atoms with E-state index >= 15 is 0 Å². The molecule has 1 aromatic carbocycles. The van der Waals surface area contributed by atoms with Crippen molar-refractivity contribution in [3.8, 4) is 5.75 Å². The Hall–Kier alpha value is -2.06. The Balaban J connectivity index is 1.39. The molecule has 2 aliphatic heterocycles. The Kier molecular flexibility index (Phi) is 6.57. The number of fused-ring (bicyclic) bond motifs is 1. The van der Waals surface area contributed by atoms with Crippen LogP contribution in [-0.2, 0) is 14.8 Å². The summed E-state index contributed by atoms with van der Waals surface area (Å²) >= 11 is 0. The van der Waals surface area contributed by atoms with Crippen LogP contribution in [-0.4, -0.2) is 67.6 Å². The zero-order valence-corrected chi connectivity index (χ0v) is 19.3. The third-order valence-electron chi connectivity index (χ3n) is 6.76. The van der Waals surface area contributed by atoms with Crippen LogP contribution in [0.25, 0.3) is 10.9 Å². The topological polar surface area (TPSA) is 82.7 Å². The van der Waals surface area contributed by atoms with Crippen LogP contribution >= 0.6 is 0 Å². The molecule has 7 nitrogen and oxygen atoms in total. The fraction of sp³-hybridized carbons (Fsp3) is 0.609. The lowest BCUT2D eigenvalue weighted by Crippen LogP contribution is -2.48. The minimum atomic E-state index is -3.25. The van der Waals surface area contributed by atoms with Crippen molar-refractivity contribution in [2.24, 2.45) is 5.92 Å². The number of aromatic amines is 1. The van der Waals surface area contributed by atoms with Crippen LogP contribution in [0, 0.1) is 5.92 Å². The molecule has 2 saturated heterocycles. The fourth-order valence-electron chi connectivity index (χ4n) is 5.04. The summed E-state index contributed by atoms with van der Waals surface area (Å²) in [6, 6.07) is 6.07. The number of hydrogen-bond acceptors (Lipinski definition) is 4. The highest BCUT2D eigenvalue weighted by atomic mass is 32.2. The van der Waals surface area contributed by atoms with E-state index in [2.05, 4.69) is 17.2 Å². The van der Waals surface area contributed by atoms with E-state index in [9.17, 15) is 13.2 Å². The molecule has 1 atom stereocenters. The van der Waals surface area contributed by atoms with E-state index in [-0.39, 0.29) is 17.6 Å². The van der Waals surface area contributed by atoms with Crippen LogP contribution in [0.4, 0.5) is 0 Å². The maximum Gasteiger partial charge on any atom is 0.227 e. The van der Waals surface area contributed by atoms with Crippen molar-refractivity contribution in [1.29, 1.82) is 0 Å². The number of aromatic nitrogens is 1. The lowest BCUT2D eigenvalue weighted by atomic mass is 9.88. The number of H-pyrrole nitrogens is 1. The first-order valence-electron chi connectivity index (χ1n) is 11.3. The van der Waals surface area contributed by atoms with Gasteiger partial charge in [-0.25, -0.2) is 12.7 Å². The smallest absolute Gasteiger partial charge is 0.227 e. The summed E-state index contributed by atoms with van der Waals surface area (Å²) in [5, 5.41) is 1.19. The summed E-state index contributed by atoms with van der Waals surface area (Å²) in [5.41, 5.74) is 2.39. The standard InChI is InChI=1S/C23H33N3O4S/c1-3-13-31(28,29)26-10-4-5-18(16-26)23(27)25-11-8-17(9-12-25)21-15-24-22-7-6-19(30-2)14-20(21)22/h6-7,14-15,17-18,24H,3-5,8-13,16H2,1-2H3. The van der Waals surface area contributed by atoms with Crippen LogP contribution in [0.2, 0.25) is 0 Å². The summed E-state index contributed by atoms with van der Waals surface area (Å²) in [5.74, 6) is 1.32. The molecule has 4 rings (SSSR count). The van der Waals surface area contributed by atoms with Crippen molar-refractivity contribution in [2.45, 2.75) is 44.9 Å². The van der Waals surface area contributed by atoms with Gasteiger partial charge in [-0.1, -0.05) is 6.92 Å². The van der Waals surface area contributed by atoms with Crippen molar-refractivity contribution < 1.29 is 17.9 Å². The van der Waals surface area contributed by atoms with Crippen LogP contribution in [0.1, 0.15) is 50.5 Å². The average molecular weight is 448 g/mol. The summed E-state index contributed by atoms with van der Waals surface area (Å²) < 4.78 is 31.8. The molecule has 0 bridgehead atoms. The SMILES string of the molecule is CCCS(=O)(=O)N1CCCC(C(=O)N2CCC(c3c[nH]c4ccc(OC)cc34)CC2)C1. The number of amides is 1. The largest absolute Gasteiger partial charge is 0.497 e. The molecule has 31 heavy (non-hydrogen) atoms. The molecule has 1 N–H and O–H groups in total. The maximum atomic E-state index is 13.2. The Bertz CT molecular complexity index is 1020. The number of benzene rings is 1. The molecule has 2 fully saturated rings. The number of sulfonamides is 1. The molecule has 2 aromatic rings. The molecule has 0 aliphatic carbocycles. The first kappa shape index (κ1) is 22.1. The fourth-order valence-corrected chi connectivity index (χ4v) is 6.63. The van der Waals surface area contributed by atoms with Gasteiger partial charge in [0.25, 0.3) is 0 Å². The minimum Gasteiger partial charge on any atom is -0.497 e. The van der Waals surface area contributed by atoms with E-state index in [1.807, 2.05) is 24.0 Å². The average Bonchev–Trinajstić information content (AvgIpc) is 3.22. The van der Waals surface area contributed by atoms with Gasteiger partial charge in [0.15, 0.2) is 0 Å². The predicted molar refractivity (Wildman–Crippen MR) is 122 cm³/mol. The van der Waals surface area contributed by atoms with Crippen LogP contribution in [0.5, 0.6) is 5.75 Å². The first-order chi connectivity index (χ1) is 14.9. The molecule has 8 heteroatoms. The monoisotopic (exact) mass is 447 g/mol. The summed E-state index contributed by atoms with van der Waals surface area (Å²) in [6.07, 6.45) is 6.06. The molecule has 1 aromatic heterocycles. The van der Waals surface area contributed by atoms with E-state index in [4.69, 9.17) is 4.74 Å². The van der Waals surface area contributed by atoms with E-state index in [0.717, 1.165) is 50.0 Å². The van der Waals surface area contributed by atoms with Crippen molar-refractivity contribution in [3.63, 3.8) is 0 Å². The molecular weight excluding hydrogens is 414 g/mol. The van der Waals surface area contributed by atoms with Gasteiger partial charge in [-0.05, 0) is 61.8 Å². The van der Waals surface area contributed by atoms with Gasteiger partial charge in [-0.2, -0.15) is 0 Å². The number of methoxy groups -OCH3 is 1. The second-order valence-corrected chi connectivity index (χ2v) is 10.9. The molecule has 1 amide bonds. The van der Waals surface area contributed by atoms with E-state index in [1.165, 1.54) is 15.3 Å². The molecular formula is C23H33N3O4S. The van der Waals surface area contributed by atoms with E-state index < -0.39 is 10.0 Å². The zero-order valence-electron chi connectivity index (χ0n) is 18.5. The van der Waals surface area contributed by atoms with Crippen LogP contribution < -0.4 is 4.74 Å². The van der Waals surface area contributed by atoms with Crippen molar-refractivity contribution in [2.75, 3.05) is 39.0 Å². The maximum absolute atomic E-state index is 13.2. The number of nitrogens with one attached hydrogen (secondary N) is 1. The van der Waals surface area contributed by atoms with Gasteiger partial charge in [-0.3, -0.25) is 4.79 Å². The van der Waals surface area contributed by atoms with Gasteiger partial charge < -0.3 is 14.6 Å². The third kappa shape index (κ3) is 4.60. The number of piperidine rings is 2. The molecule has 2 aliphatic rings. The van der Waals surface area contributed by atoms with Crippen LogP contribution in [0.3, 0.4) is 0 Å². The second-order valence-electron chi connectivity index (χ2n) is 8.77. The number of hydrogen-bond donors (Lipinski definition) is 1. The number of rotatable bonds is 6. The van der Waals surface area contributed by atoms with Crippen molar-refractivity contribution >= 4 is 26.8 Å². The lowest BCUT2D eigenvalue weighted by Gasteiger charge is -2.37. The number of ether oxygens (including phenoxy) is 1. The number of carbonyl (C=O) groups excluding carboxylic acids is 1. The Labute approximate surface area is 184 Å². The van der Waals surface area contributed by atoms with Gasteiger partial charge in [0, 0.05) is 43.3 Å². The zero-order chi connectivity index (χ0) is 22.0. The van der Waals surface area contributed by atoms with Gasteiger partial charge in [0.05, 0.1) is 18.8 Å². The molecule has 0 saturated carbocycles. The van der Waals surface area contributed by atoms with Gasteiger partial charge in [0.2, 0.25) is 15.9 Å². The van der Waals surface area contributed by atoms with Gasteiger partial charge >= 0.3 is 0 Å². The Morgan fingerprint density at radius 2 is 1.97 bits per heavy atom. The first-order valence-corrected chi connectivity index (χ1v) is 13.0. The lowest BCUT2D eigenvalue weighted by molar-refractivity contribution is -0.137. The summed E-state index contributed by atoms with van der Waals surface area (Å²) in [7, 11) is -1.57. The van der Waals surface area contributed by atoms with E-state index in [1.54, 1.807) is 7.11 Å². The minimum absolute atomic E-state index is 0.121. The molecule has 0 radical (unpaired) electrons. The molecule has 1 unspecified atom stereocenters. The normalized spacial score (nSPS) is 21.5. The van der Waals surface area contributed by atoms with Crippen LogP contribution in [0.15, 0.2) is 24.4 Å². The third-order valence-corrected chi connectivity index (χ3v) is 8.80. The van der Waals surface area contributed by atoms with Gasteiger partial charge in [-0.15, -0.1) is 0 Å². The summed E-state index contributed by atoms with van der Waals surface area (Å²) in [4.78, 5) is 18.5. The highest BCUT2D eigenvalue weighted by molar-refractivity contribution is 7.89. The predicted octanol–water partition coefficient (Wildman–Crippen LogP) is 3.33. The molecule has 170 valence electrons. The second kappa shape index (κ2) is 9.20. The number of carbonyl (C=O) groups is 1. The number of nitrogens with zero attached hydrogens (tertiary/aromatic N) is 2. The Morgan fingerprint density at radius 3 is 2.68 bits per heavy atom.